The van der Waals surface area contributed by atoms with Crippen LogP contribution in [-0.4, -0.2) is 22.4 Å². The van der Waals surface area contributed by atoms with Crippen LogP contribution in [-0.2, 0) is 0 Å². The summed E-state index contributed by atoms with van der Waals surface area (Å²) in [6.07, 6.45) is 2.01. The molecule has 152 valence electrons. The minimum Gasteiger partial charge on any atom is -0.361 e. The lowest BCUT2D eigenvalue weighted by Gasteiger charge is -2.18. The lowest BCUT2D eigenvalue weighted by atomic mass is 9.91. The van der Waals surface area contributed by atoms with Crippen LogP contribution in [0.4, 0.5) is 0 Å². The van der Waals surface area contributed by atoms with E-state index >= 15 is 0 Å². The molecule has 3 aromatic carbocycles. The van der Waals surface area contributed by atoms with Gasteiger partial charge in [-0.15, -0.1) is 0 Å². The second-order valence-corrected chi connectivity index (χ2v) is 7.56. The summed E-state index contributed by atoms with van der Waals surface area (Å²) in [6, 6.07) is 27.2. The number of fused-ring (bicyclic) bond motifs is 2. The van der Waals surface area contributed by atoms with Gasteiger partial charge < -0.3 is 15.3 Å². The maximum Gasteiger partial charge on any atom is 0.267 e. The van der Waals surface area contributed by atoms with E-state index in [1.807, 2.05) is 60.8 Å². The maximum atomic E-state index is 12.9. The van der Waals surface area contributed by atoms with Crippen molar-refractivity contribution in [3.63, 3.8) is 0 Å². The summed E-state index contributed by atoms with van der Waals surface area (Å²) >= 11 is 0. The van der Waals surface area contributed by atoms with E-state index in [1.165, 1.54) is 0 Å². The van der Waals surface area contributed by atoms with E-state index in [4.69, 9.17) is 0 Å². The molecule has 0 fully saturated rings. The molecule has 0 radical (unpaired) electrons. The summed E-state index contributed by atoms with van der Waals surface area (Å²) in [7, 11) is 0. The fourth-order valence-electron chi connectivity index (χ4n) is 4.10. The average Bonchev–Trinajstić information content (AvgIpc) is 3.24. The molecule has 0 unspecified atom stereocenters. The second kappa shape index (κ2) is 7.95. The van der Waals surface area contributed by atoms with Gasteiger partial charge in [0.25, 0.3) is 11.5 Å². The van der Waals surface area contributed by atoms with Gasteiger partial charge in [0.2, 0.25) is 0 Å². The van der Waals surface area contributed by atoms with Gasteiger partial charge in [-0.25, -0.2) is 0 Å². The van der Waals surface area contributed by atoms with Crippen molar-refractivity contribution in [1.82, 2.24) is 15.3 Å². The summed E-state index contributed by atoms with van der Waals surface area (Å²) in [4.78, 5) is 31.3. The smallest absolute Gasteiger partial charge is 0.267 e. The van der Waals surface area contributed by atoms with Gasteiger partial charge in [-0.1, -0.05) is 66.7 Å². The Bertz CT molecular complexity index is 1430. The molecule has 5 heteroatoms. The van der Waals surface area contributed by atoms with Crippen molar-refractivity contribution in [2.24, 2.45) is 0 Å². The Morgan fingerprint density at radius 2 is 1.58 bits per heavy atom. The van der Waals surface area contributed by atoms with Gasteiger partial charge in [0.15, 0.2) is 0 Å². The van der Waals surface area contributed by atoms with Crippen molar-refractivity contribution >= 4 is 27.6 Å². The van der Waals surface area contributed by atoms with E-state index in [0.29, 0.717) is 11.9 Å². The fourth-order valence-corrected chi connectivity index (χ4v) is 4.10. The first kappa shape index (κ1) is 18.9. The number of carbonyl (C=O) groups is 1. The minimum absolute atomic E-state index is 0.0338. The van der Waals surface area contributed by atoms with Crippen molar-refractivity contribution in [2.45, 2.75) is 5.92 Å². The summed E-state index contributed by atoms with van der Waals surface area (Å²) < 4.78 is 0. The predicted octanol–water partition coefficient (Wildman–Crippen LogP) is 4.57. The Balaban J connectivity index is 1.47. The van der Waals surface area contributed by atoms with Gasteiger partial charge in [-0.3, -0.25) is 9.59 Å². The third kappa shape index (κ3) is 3.62. The number of hydrogen-bond acceptors (Lipinski definition) is 2. The SMILES string of the molecule is O=C(NC[C@@H](c1ccccc1)c1c[nH]c2ccccc12)c1cc2ccccc2c(=O)[nH]1. The number of aromatic amines is 2. The molecule has 0 aliphatic heterocycles. The molecular formula is C26H21N3O2. The minimum atomic E-state index is -0.302. The molecule has 0 saturated carbocycles. The fraction of sp³-hybridized carbons (Fsp3) is 0.0769. The first-order chi connectivity index (χ1) is 15.2. The predicted molar refractivity (Wildman–Crippen MR) is 123 cm³/mol. The molecule has 0 spiro atoms. The highest BCUT2D eigenvalue weighted by molar-refractivity contribution is 5.96. The van der Waals surface area contributed by atoms with E-state index in [1.54, 1.807) is 12.1 Å². The molecular weight excluding hydrogens is 386 g/mol. The number of amides is 1. The second-order valence-electron chi connectivity index (χ2n) is 7.56. The van der Waals surface area contributed by atoms with Crippen molar-refractivity contribution in [3.05, 3.63) is 118 Å². The normalized spacial score (nSPS) is 12.1. The zero-order valence-corrected chi connectivity index (χ0v) is 16.8. The van der Waals surface area contributed by atoms with Gasteiger partial charge in [0.05, 0.1) is 0 Å². The highest BCUT2D eigenvalue weighted by Gasteiger charge is 2.19. The maximum absolute atomic E-state index is 12.9. The average molecular weight is 407 g/mol. The topological polar surface area (TPSA) is 77.8 Å². The highest BCUT2D eigenvalue weighted by Crippen LogP contribution is 2.30. The van der Waals surface area contributed by atoms with Crippen molar-refractivity contribution < 1.29 is 4.79 Å². The van der Waals surface area contributed by atoms with Crippen LogP contribution >= 0.6 is 0 Å². The quantitative estimate of drug-likeness (QED) is 0.399. The lowest BCUT2D eigenvalue weighted by molar-refractivity contribution is 0.0947. The Kier molecular flexibility index (Phi) is 4.84. The largest absolute Gasteiger partial charge is 0.361 e. The number of carbonyl (C=O) groups excluding carboxylic acids is 1. The molecule has 5 aromatic rings. The number of para-hydroxylation sites is 1. The molecule has 31 heavy (non-hydrogen) atoms. The number of H-pyrrole nitrogens is 2. The molecule has 0 aliphatic carbocycles. The molecule has 0 saturated heterocycles. The van der Waals surface area contributed by atoms with E-state index in [9.17, 15) is 9.59 Å². The number of aromatic nitrogens is 2. The molecule has 5 nitrogen and oxygen atoms in total. The van der Waals surface area contributed by atoms with E-state index in [-0.39, 0.29) is 23.1 Å². The zero-order valence-electron chi connectivity index (χ0n) is 16.8. The first-order valence-electron chi connectivity index (χ1n) is 10.2. The van der Waals surface area contributed by atoms with Crippen LogP contribution in [0, 0.1) is 0 Å². The molecule has 3 N–H and O–H groups in total. The van der Waals surface area contributed by atoms with Crippen LogP contribution < -0.4 is 10.9 Å². The number of rotatable bonds is 5. The monoisotopic (exact) mass is 407 g/mol. The zero-order chi connectivity index (χ0) is 21.2. The van der Waals surface area contributed by atoms with Crippen LogP contribution in [0.15, 0.2) is 95.9 Å². The standard InChI is InChI=1S/C26H21N3O2/c30-25-19-11-5-4-10-18(19)14-24(29-25)26(31)28-15-21(17-8-2-1-3-9-17)22-16-27-23-13-7-6-12-20(22)23/h1-14,16,21,27H,15H2,(H,28,31)(H,29,30)/t21-/m0/s1. The van der Waals surface area contributed by atoms with Gasteiger partial charge in [-0.2, -0.15) is 0 Å². The Hall–Kier alpha value is -4.12. The number of pyridine rings is 1. The first-order valence-corrected chi connectivity index (χ1v) is 10.2. The van der Waals surface area contributed by atoms with Crippen LogP contribution in [0.5, 0.6) is 0 Å². The summed E-state index contributed by atoms with van der Waals surface area (Å²) in [5.74, 6) is -0.336. The summed E-state index contributed by atoms with van der Waals surface area (Å²) in [5.41, 5.74) is 3.28. The van der Waals surface area contributed by atoms with E-state index in [2.05, 4.69) is 33.5 Å². The Morgan fingerprint density at radius 1 is 0.871 bits per heavy atom. The molecule has 2 aromatic heterocycles. The van der Waals surface area contributed by atoms with Crippen LogP contribution in [0.3, 0.4) is 0 Å². The molecule has 1 amide bonds. The van der Waals surface area contributed by atoms with Gasteiger partial charge in [-0.05, 0) is 34.7 Å². The molecule has 1 atom stereocenters. The number of hydrogen-bond donors (Lipinski definition) is 3. The van der Waals surface area contributed by atoms with Crippen molar-refractivity contribution in [3.8, 4) is 0 Å². The molecule has 2 heterocycles. The van der Waals surface area contributed by atoms with Gasteiger partial charge >= 0.3 is 0 Å². The third-order valence-electron chi connectivity index (χ3n) is 5.66. The van der Waals surface area contributed by atoms with Crippen LogP contribution in [0.2, 0.25) is 0 Å². The Labute approximate surface area is 178 Å². The summed E-state index contributed by atoms with van der Waals surface area (Å²) in [6.45, 7) is 0.402. The van der Waals surface area contributed by atoms with E-state index in [0.717, 1.165) is 27.4 Å². The molecule has 5 rings (SSSR count). The third-order valence-corrected chi connectivity index (χ3v) is 5.66. The van der Waals surface area contributed by atoms with Crippen LogP contribution in [0.1, 0.15) is 27.5 Å². The van der Waals surface area contributed by atoms with Crippen molar-refractivity contribution in [2.75, 3.05) is 6.54 Å². The van der Waals surface area contributed by atoms with Gasteiger partial charge in [0, 0.05) is 34.9 Å². The molecule has 0 bridgehead atoms. The van der Waals surface area contributed by atoms with Crippen LogP contribution in [0.25, 0.3) is 21.7 Å². The highest BCUT2D eigenvalue weighted by atomic mass is 16.2. The number of benzene rings is 3. The summed E-state index contributed by atoms with van der Waals surface area (Å²) in [5, 5.41) is 5.46. The lowest BCUT2D eigenvalue weighted by Crippen LogP contribution is -2.30. The Morgan fingerprint density at radius 3 is 2.42 bits per heavy atom. The molecule has 0 aliphatic rings. The number of nitrogens with one attached hydrogen (secondary N) is 3. The van der Waals surface area contributed by atoms with E-state index < -0.39 is 0 Å². The van der Waals surface area contributed by atoms with Gasteiger partial charge in [0.1, 0.15) is 5.69 Å². The van der Waals surface area contributed by atoms with Crippen molar-refractivity contribution in [1.29, 1.82) is 0 Å².